The molecule has 0 saturated carbocycles. The van der Waals surface area contributed by atoms with Crippen molar-refractivity contribution in [2.24, 2.45) is 11.7 Å². The van der Waals surface area contributed by atoms with E-state index in [1.807, 2.05) is 31.2 Å². The van der Waals surface area contributed by atoms with E-state index in [2.05, 4.69) is 0 Å². The highest BCUT2D eigenvalue weighted by Crippen LogP contribution is 2.36. The number of hydrogen-bond donors (Lipinski definition) is 2. The Hall–Kier alpha value is -0.900. The molecule has 1 aliphatic rings. The molecule has 1 saturated heterocycles. The van der Waals surface area contributed by atoms with Crippen LogP contribution in [0.4, 0.5) is 0 Å². The van der Waals surface area contributed by atoms with Gasteiger partial charge in [0, 0.05) is 19.1 Å². The normalized spacial score (nSPS) is 24.3. The molecule has 0 amide bonds. The molecule has 3 heteroatoms. The number of nitrogens with two attached hydrogens (primary N) is 1. The summed E-state index contributed by atoms with van der Waals surface area (Å²) in [5, 5.41) is 10.8. The van der Waals surface area contributed by atoms with E-state index in [0.717, 1.165) is 30.6 Å². The molecule has 2 atom stereocenters. The van der Waals surface area contributed by atoms with Gasteiger partial charge in [0.1, 0.15) is 0 Å². The first kappa shape index (κ1) is 12.6. The van der Waals surface area contributed by atoms with Crippen LogP contribution in [0.3, 0.4) is 0 Å². The Morgan fingerprint density at radius 1 is 1.47 bits per heavy atom. The van der Waals surface area contributed by atoms with Crippen LogP contribution in [0.5, 0.6) is 0 Å². The largest absolute Gasteiger partial charge is 0.385 e. The van der Waals surface area contributed by atoms with Gasteiger partial charge in [-0.1, -0.05) is 24.3 Å². The predicted octanol–water partition coefficient (Wildman–Crippen LogP) is 1.78. The van der Waals surface area contributed by atoms with Crippen LogP contribution >= 0.6 is 0 Å². The molecule has 0 aromatic heterocycles. The Morgan fingerprint density at radius 3 is 2.88 bits per heavy atom. The Kier molecular flexibility index (Phi) is 3.82. The van der Waals surface area contributed by atoms with Crippen LogP contribution in [0, 0.1) is 5.92 Å². The zero-order valence-electron chi connectivity index (χ0n) is 10.4. The van der Waals surface area contributed by atoms with Crippen molar-refractivity contribution >= 4 is 0 Å². The minimum absolute atomic E-state index is 0.156. The van der Waals surface area contributed by atoms with Crippen molar-refractivity contribution in [3.05, 3.63) is 35.4 Å². The van der Waals surface area contributed by atoms with Crippen molar-refractivity contribution in [2.45, 2.75) is 31.9 Å². The average molecular weight is 235 g/mol. The summed E-state index contributed by atoms with van der Waals surface area (Å²) >= 11 is 0. The molecule has 1 aromatic rings. The molecule has 3 N–H and O–H groups in total. The number of rotatable bonds is 3. The van der Waals surface area contributed by atoms with Gasteiger partial charge in [0.2, 0.25) is 0 Å². The van der Waals surface area contributed by atoms with E-state index in [1.165, 1.54) is 0 Å². The number of aliphatic hydroxyl groups is 1. The van der Waals surface area contributed by atoms with Gasteiger partial charge in [-0.15, -0.1) is 0 Å². The van der Waals surface area contributed by atoms with Crippen LogP contribution in [0.1, 0.15) is 30.9 Å². The second-order valence-electron chi connectivity index (χ2n) is 4.92. The smallest absolute Gasteiger partial charge is 0.0921 e. The molecule has 1 aliphatic heterocycles. The van der Waals surface area contributed by atoms with Crippen LogP contribution in [-0.2, 0) is 16.9 Å². The van der Waals surface area contributed by atoms with Crippen molar-refractivity contribution in [3.8, 4) is 0 Å². The van der Waals surface area contributed by atoms with Gasteiger partial charge in [-0.05, 0) is 30.9 Å². The summed E-state index contributed by atoms with van der Waals surface area (Å²) in [6.45, 7) is 3.78. The molecule has 0 bridgehead atoms. The van der Waals surface area contributed by atoms with E-state index < -0.39 is 5.60 Å². The Labute approximate surface area is 103 Å². The lowest BCUT2D eigenvalue weighted by Gasteiger charge is -2.36. The van der Waals surface area contributed by atoms with Gasteiger partial charge in [0.25, 0.3) is 0 Å². The fourth-order valence-corrected chi connectivity index (χ4v) is 2.60. The molecule has 94 valence electrons. The molecule has 0 spiro atoms. The van der Waals surface area contributed by atoms with E-state index in [9.17, 15) is 5.11 Å². The zero-order valence-corrected chi connectivity index (χ0v) is 10.4. The van der Waals surface area contributed by atoms with Gasteiger partial charge in [-0.3, -0.25) is 0 Å². The maximum Gasteiger partial charge on any atom is 0.0921 e. The Bertz CT molecular complexity index is 370. The van der Waals surface area contributed by atoms with Crippen LogP contribution < -0.4 is 5.73 Å². The first-order valence-electron chi connectivity index (χ1n) is 6.25. The third-order valence-corrected chi connectivity index (χ3v) is 3.74. The number of benzene rings is 1. The van der Waals surface area contributed by atoms with E-state index >= 15 is 0 Å². The minimum atomic E-state index is -0.851. The topological polar surface area (TPSA) is 55.5 Å². The van der Waals surface area contributed by atoms with E-state index in [0.29, 0.717) is 13.2 Å². The molecule has 0 aliphatic carbocycles. The summed E-state index contributed by atoms with van der Waals surface area (Å²) < 4.78 is 5.47. The van der Waals surface area contributed by atoms with E-state index in [-0.39, 0.29) is 5.92 Å². The fourth-order valence-electron chi connectivity index (χ4n) is 2.60. The number of ether oxygens (including phenoxy) is 1. The average Bonchev–Trinajstić information content (AvgIpc) is 2.39. The molecule has 3 nitrogen and oxygen atoms in total. The zero-order chi connectivity index (χ0) is 12.3. The lowest BCUT2D eigenvalue weighted by Crippen LogP contribution is -2.38. The summed E-state index contributed by atoms with van der Waals surface area (Å²) in [6.07, 6.45) is 2.03. The molecule has 2 unspecified atom stereocenters. The van der Waals surface area contributed by atoms with Crippen LogP contribution in [-0.4, -0.2) is 18.3 Å². The first-order valence-corrected chi connectivity index (χ1v) is 6.25. The molecule has 1 heterocycles. The van der Waals surface area contributed by atoms with Gasteiger partial charge >= 0.3 is 0 Å². The monoisotopic (exact) mass is 235 g/mol. The maximum absolute atomic E-state index is 10.8. The molecule has 0 radical (unpaired) electrons. The molecule has 17 heavy (non-hydrogen) atoms. The molecular formula is C14H21NO2. The summed E-state index contributed by atoms with van der Waals surface area (Å²) in [5.74, 6) is 0.156. The quantitative estimate of drug-likeness (QED) is 0.839. The lowest BCUT2D eigenvalue weighted by atomic mass is 9.78. The Morgan fingerprint density at radius 2 is 2.24 bits per heavy atom. The SMILES string of the molecule is CC(O)(c1ccccc1CN)C1CCCOC1. The number of hydrogen-bond acceptors (Lipinski definition) is 3. The second-order valence-corrected chi connectivity index (χ2v) is 4.92. The van der Waals surface area contributed by atoms with Crippen molar-refractivity contribution in [1.29, 1.82) is 0 Å². The maximum atomic E-state index is 10.8. The summed E-state index contributed by atoms with van der Waals surface area (Å²) in [5.41, 5.74) is 6.84. The van der Waals surface area contributed by atoms with Gasteiger partial charge in [0.05, 0.1) is 12.2 Å². The third-order valence-electron chi connectivity index (χ3n) is 3.74. The highest BCUT2D eigenvalue weighted by atomic mass is 16.5. The Balaban J connectivity index is 2.29. The van der Waals surface area contributed by atoms with Gasteiger partial charge in [0.15, 0.2) is 0 Å². The molecule has 2 rings (SSSR count). The lowest BCUT2D eigenvalue weighted by molar-refractivity contribution is -0.0728. The first-order chi connectivity index (χ1) is 8.16. The van der Waals surface area contributed by atoms with Crippen LogP contribution in [0.15, 0.2) is 24.3 Å². The molecule has 1 fully saturated rings. The second kappa shape index (κ2) is 5.17. The van der Waals surface area contributed by atoms with Crippen molar-refractivity contribution in [2.75, 3.05) is 13.2 Å². The van der Waals surface area contributed by atoms with Crippen molar-refractivity contribution in [1.82, 2.24) is 0 Å². The highest BCUT2D eigenvalue weighted by Gasteiger charge is 2.36. The van der Waals surface area contributed by atoms with Crippen LogP contribution in [0.2, 0.25) is 0 Å². The summed E-state index contributed by atoms with van der Waals surface area (Å²) in [6, 6.07) is 7.86. The highest BCUT2D eigenvalue weighted by molar-refractivity contribution is 5.32. The predicted molar refractivity (Wildman–Crippen MR) is 67.4 cm³/mol. The molecular weight excluding hydrogens is 214 g/mol. The third kappa shape index (κ3) is 2.51. The summed E-state index contributed by atoms with van der Waals surface area (Å²) in [7, 11) is 0. The van der Waals surface area contributed by atoms with Crippen molar-refractivity contribution < 1.29 is 9.84 Å². The van der Waals surface area contributed by atoms with Crippen molar-refractivity contribution in [3.63, 3.8) is 0 Å². The van der Waals surface area contributed by atoms with Gasteiger partial charge in [-0.2, -0.15) is 0 Å². The van der Waals surface area contributed by atoms with Crippen LogP contribution in [0.25, 0.3) is 0 Å². The van der Waals surface area contributed by atoms with Gasteiger partial charge in [-0.25, -0.2) is 0 Å². The van der Waals surface area contributed by atoms with Gasteiger partial charge < -0.3 is 15.6 Å². The molecule has 1 aromatic carbocycles. The fraction of sp³-hybridized carbons (Fsp3) is 0.571. The summed E-state index contributed by atoms with van der Waals surface area (Å²) in [4.78, 5) is 0. The standard InChI is InChI=1S/C14H21NO2/c1-14(16,12-6-4-8-17-10-12)13-7-3-2-5-11(13)9-15/h2-3,5,7,12,16H,4,6,8-10,15H2,1H3. The van der Waals surface area contributed by atoms with E-state index in [4.69, 9.17) is 10.5 Å². The minimum Gasteiger partial charge on any atom is -0.385 e. The van der Waals surface area contributed by atoms with E-state index in [1.54, 1.807) is 0 Å².